The number of carbonyl (C=O) groups excluding carboxylic acids is 2. The van der Waals surface area contributed by atoms with Gasteiger partial charge in [0.1, 0.15) is 0 Å². The van der Waals surface area contributed by atoms with Crippen LogP contribution in [0.4, 0.5) is 5.69 Å². The Morgan fingerprint density at radius 3 is 2.33 bits per heavy atom. The highest BCUT2D eigenvalue weighted by molar-refractivity contribution is 6.03. The van der Waals surface area contributed by atoms with Gasteiger partial charge in [0.25, 0.3) is 0 Å². The fourth-order valence-corrected chi connectivity index (χ4v) is 5.58. The predicted octanol–water partition coefficient (Wildman–Crippen LogP) is 7.28. The molecular weight excluding hydrogens is 444 g/mol. The molecule has 0 atom stereocenters. The summed E-state index contributed by atoms with van der Waals surface area (Å²) in [4.78, 5) is 28.3. The third-order valence-electron chi connectivity index (χ3n) is 7.53. The maximum atomic E-state index is 13.6. The van der Waals surface area contributed by atoms with Gasteiger partial charge in [0.05, 0.1) is 0 Å². The quantitative estimate of drug-likeness (QED) is 0.380. The number of nitrogens with zero attached hydrogens (tertiary/aromatic N) is 1. The summed E-state index contributed by atoms with van der Waals surface area (Å²) in [6, 6.07) is 13.4. The van der Waals surface area contributed by atoms with Crippen LogP contribution in [0.1, 0.15) is 80.3 Å². The van der Waals surface area contributed by atoms with Crippen LogP contribution in [0.15, 0.2) is 59.2 Å². The molecule has 0 saturated heterocycles. The maximum Gasteiger partial charge on any atom is 0.163 e. The molecule has 4 rings (SSSR count). The third kappa shape index (κ3) is 6.22. The summed E-state index contributed by atoms with van der Waals surface area (Å²) in [5.74, 6) is 0.264. The Morgan fingerprint density at radius 2 is 1.69 bits per heavy atom. The summed E-state index contributed by atoms with van der Waals surface area (Å²) in [5.41, 5.74) is 9.17. The van der Waals surface area contributed by atoms with Crippen molar-refractivity contribution in [3.8, 4) is 11.1 Å². The Kier molecular flexibility index (Phi) is 8.25. The molecule has 0 spiro atoms. The van der Waals surface area contributed by atoms with E-state index >= 15 is 0 Å². The lowest BCUT2D eigenvalue weighted by atomic mass is 9.88. The molecule has 2 aromatic rings. The lowest BCUT2D eigenvalue weighted by molar-refractivity contribution is -0.115. The lowest BCUT2D eigenvalue weighted by Crippen LogP contribution is -2.17. The van der Waals surface area contributed by atoms with E-state index in [1.807, 2.05) is 19.9 Å². The zero-order chi connectivity index (χ0) is 25.8. The van der Waals surface area contributed by atoms with E-state index in [1.54, 1.807) is 0 Å². The number of hydrogen-bond acceptors (Lipinski definition) is 4. The van der Waals surface area contributed by atoms with Crippen LogP contribution < -0.4 is 5.32 Å². The molecule has 0 amide bonds. The first kappa shape index (κ1) is 26.1. The summed E-state index contributed by atoms with van der Waals surface area (Å²) < 4.78 is 0. The number of ketones is 2. The average molecular weight is 485 g/mol. The van der Waals surface area contributed by atoms with Gasteiger partial charge in [-0.3, -0.25) is 9.59 Å². The van der Waals surface area contributed by atoms with E-state index in [1.165, 1.54) is 31.2 Å². The average Bonchev–Trinajstić information content (AvgIpc) is 3.33. The number of Topliss-reactive ketones (excluding diaryl/α,β-unsaturated/α-hetero) is 2. The molecule has 36 heavy (non-hydrogen) atoms. The molecular formula is C32H40N2O2. The van der Waals surface area contributed by atoms with Gasteiger partial charge in [0.2, 0.25) is 0 Å². The third-order valence-corrected chi connectivity index (χ3v) is 7.53. The molecule has 2 aliphatic carbocycles. The molecule has 0 radical (unpaired) electrons. The van der Waals surface area contributed by atoms with Gasteiger partial charge < -0.3 is 10.2 Å². The molecule has 1 N–H and O–H groups in total. The van der Waals surface area contributed by atoms with Gasteiger partial charge in [-0.15, -0.1) is 0 Å². The number of benzene rings is 2. The molecule has 2 aliphatic rings. The SMILES string of the molecule is CC1=CC(C)=C(CCC(=O)c2cc(-c3ccc(CN(C)C)cc3)cc(NC3CCCC3)c2C)C(=O)C1. The van der Waals surface area contributed by atoms with Gasteiger partial charge >= 0.3 is 0 Å². The highest BCUT2D eigenvalue weighted by Gasteiger charge is 2.22. The van der Waals surface area contributed by atoms with Crippen molar-refractivity contribution in [1.82, 2.24) is 4.90 Å². The van der Waals surface area contributed by atoms with Gasteiger partial charge in [-0.1, -0.05) is 48.8 Å². The van der Waals surface area contributed by atoms with Gasteiger partial charge in [0, 0.05) is 36.7 Å². The lowest BCUT2D eigenvalue weighted by Gasteiger charge is -2.20. The van der Waals surface area contributed by atoms with Crippen molar-refractivity contribution >= 4 is 17.3 Å². The molecule has 1 saturated carbocycles. The maximum absolute atomic E-state index is 13.6. The van der Waals surface area contributed by atoms with E-state index in [2.05, 4.69) is 67.6 Å². The molecule has 2 aromatic carbocycles. The van der Waals surface area contributed by atoms with E-state index in [4.69, 9.17) is 0 Å². The Bertz CT molecular complexity index is 1200. The van der Waals surface area contributed by atoms with Gasteiger partial charge in [-0.05, 0) is 99.7 Å². The van der Waals surface area contributed by atoms with Crippen molar-refractivity contribution in [3.63, 3.8) is 0 Å². The van der Waals surface area contributed by atoms with Crippen LogP contribution in [-0.4, -0.2) is 36.6 Å². The monoisotopic (exact) mass is 484 g/mol. The van der Waals surface area contributed by atoms with E-state index in [9.17, 15) is 9.59 Å². The van der Waals surface area contributed by atoms with Crippen molar-refractivity contribution in [2.45, 2.75) is 78.3 Å². The number of carbonyl (C=O) groups is 2. The van der Waals surface area contributed by atoms with Crippen LogP contribution >= 0.6 is 0 Å². The second-order valence-corrected chi connectivity index (χ2v) is 10.9. The molecule has 0 aromatic heterocycles. The van der Waals surface area contributed by atoms with Crippen molar-refractivity contribution in [1.29, 1.82) is 0 Å². The molecule has 1 fully saturated rings. The highest BCUT2D eigenvalue weighted by atomic mass is 16.1. The minimum Gasteiger partial charge on any atom is -0.382 e. The van der Waals surface area contributed by atoms with E-state index in [-0.39, 0.29) is 11.6 Å². The number of anilines is 1. The fraction of sp³-hybridized carbons (Fsp3) is 0.438. The number of nitrogens with one attached hydrogen (secondary N) is 1. The van der Waals surface area contributed by atoms with Crippen LogP contribution in [0.25, 0.3) is 11.1 Å². The summed E-state index contributed by atoms with van der Waals surface area (Å²) in [6.07, 6.45) is 8.26. The zero-order valence-electron chi connectivity index (χ0n) is 22.5. The number of allylic oxidation sites excluding steroid dienone is 4. The summed E-state index contributed by atoms with van der Waals surface area (Å²) in [6.45, 7) is 6.92. The highest BCUT2D eigenvalue weighted by Crippen LogP contribution is 2.33. The minimum atomic E-state index is 0.104. The standard InChI is InChI=1S/C32H40N2O2/c1-21-16-22(2)28(32(36)17-21)14-15-31(35)29-18-26(25-12-10-24(11-13-25)20-34(4)5)19-30(23(29)3)33-27-8-6-7-9-27/h10-13,16,18-19,27,33H,6-9,14-15,17,20H2,1-5H3. The van der Waals surface area contributed by atoms with E-state index in [0.717, 1.165) is 51.2 Å². The van der Waals surface area contributed by atoms with E-state index < -0.39 is 0 Å². The van der Waals surface area contributed by atoms with Gasteiger partial charge in [-0.2, -0.15) is 0 Å². The van der Waals surface area contributed by atoms with Gasteiger partial charge in [-0.25, -0.2) is 0 Å². The van der Waals surface area contributed by atoms with Crippen molar-refractivity contribution in [2.75, 3.05) is 19.4 Å². The smallest absolute Gasteiger partial charge is 0.163 e. The Hall–Kier alpha value is -2.98. The van der Waals surface area contributed by atoms with Crippen LogP contribution in [0.2, 0.25) is 0 Å². The summed E-state index contributed by atoms with van der Waals surface area (Å²) >= 11 is 0. The van der Waals surface area contributed by atoms with Gasteiger partial charge in [0.15, 0.2) is 11.6 Å². The molecule has 0 unspecified atom stereocenters. The second kappa shape index (κ2) is 11.4. The molecule has 0 aliphatic heterocycles. The first-order valence-electron chi connectivity index (χ1n) is 13.3. The number of rotatable bonds is 9. The van der Waals surface area contributed by atoms with Crippen LogP contribution in [0, 0.1) is 6.92 Å². The largest absolute Gasteiger partial charge is 0.382 e. The van der Waals surface area contributed by atoms with Crippen molar-refractivity contribution in [3.05, 3.63) is 75.9 Å². The van der Waals surface area contributed by atoms with Crippen molar-refractivity contribution < 1.29 is 9.59 Å². The Labute approximate surface area is 216 Å². The Morgan fingerprint density at radius 1 is 1.00 bits per heavy atom. The molecule has 0 heterocycles. The Balaban J connectivity index is 1.63. The summed E-state index contributed by atoms with van der Waals surface area (Å²) in [7, 11) is 4.14. The van der Waals surface area contributed by atoms with Crippen molar-refractivity contribution in [2.24, 2.45) is 0 Å². The van der Waals surface area contributed by atoms with Crippen LogP contribution in [-0.2, 0) is 11.3 Å². The topological polar surface area (TPSA) is 49.4 Å². The van der Waals surface area contributed by atoms with Crippen LogP contribution in [0.3, 0.4) is 0 Å². The minimum absolute atomic E-state index is 0.104. The second-order valence-electron chi connectivity index (χ2n) is 10.9. The fourth-order valence-electron chi connectivity index (χ4n) is 5.58. The normalized spacial score (nSPS) is 16.6. The summed E-state index contributed by atoms with van der Waals surface area (Å²) in [5, 5.41) is 3.75. The zero-order valence-corrected chi connectivity index (χ0v) is 22.5. The van der Waals surface area contributed by atoms with E-state index in [0.29, 0.717) is 25.3 Å². The molecule has 0 bridgehead atoms. The first-order chi connectivity index (χ1) is 17.2. The molecule has 4 heteroatoms. The molecule has 4 nitrogen and oxygen atoms in total. The number of hydrogen-bond donors (Lipinski definition) is 1. The van der Waals surface area contributed by atoms with Crippen LogP contribution in [0.5, 0.6) is 0 Å². The first-order valence-corrected chi connectivity index (χ1v) is 13.3. The predicted molar refractivity (Wildman–Crippen MR) is 150 cm³/mol. The molecule has 190 valence electrons.